The molecule has 0 radical (unpaired) electrons. The SMILES string of the molecule is C=C(c1cnn(C2CCC(O)CC2)c1)c1cc(-c2ccc3[nH]ncc3c2)oc1C. The normalized spacial score (nSPS) is 19.7. The molecule has 1 aliphatic carbocycles. The Kier molecular flexibility index (Phi) is 4.36. The van der Waals surface area contributed by atoms with Crippen molar-refractivity contribution >= 4 is 16.5 Å². The summed E-state index contributed by atoms with van der Waals surface area (Å²) in [5.41, 5.74) is 4.91. The lowest BCUT2D eigenvalue weighted by Crippen LogP contribution is -2.21. The van der Waals surface area contributed by atoms with Crippen molar-refractivity contribution < 1.29 is 9.52 Å². The third-order valence-corrected chi connectivity index (χ3v) is 5.96. The summed E-state index contributed by atoms with van der Waals surface area (Å²) < 4.78 is 8.08. The summed E-state index contributed by atoms with van der Waals surface area (Å²) >= 11 is 0. The van der Waals surface area contributed by atoms with Gasteiger partial charge in [0.25, 0.3) is 0 Å². The maximum Gasteiger partial charge on any atom is 0.134 e. The van der Waals surface area contributed by atoms with E-state index in [1.54, 1.807) is 0 Å². The highest BCUT2D eigenvalue weighted by molar-refractivity contribution is 5.85. The number of aromatic amines is 1. The first kappa shape index (κ1) is 17.9. The van der Waals surface area contributed by atoms with E-state index in [-0.39, 0.29) is 6.10 Å². The van der Waals surface area contributed by atoms with Gasteiger partial charge in [0, 0.05) is 28.3 Å². The van der Waals surface area contributed by atoms with E-state index < -0.39 is 0 Å². The third-order valence-electron chi connectivity index (χ3n) is 5.96. The molecule has 29 heavy (non-hydrogen) atoms. The molecule has 1 aliphatic rings. The number of benzene rings is 1. The first-order valence-corrected chi connectivity index (χ1v) is 10.0. The first-order chi connectivity index (χ1) is 14.1. The van der Waals surface area contributed by atoms with Crippen LogP contribution in [0.5, 0.6) is 0 Å². The fraction of sp³-hybridized carbons (Fsp3) is 0.304. The Morgan fingerprint density at radius 1 is 1.21 bits per heavy atom. The molecular formula is C23H24N4O2. The van der Waals surface area contributed by atoms with Crippen LogP contribution in [0.25, 0.3) is 27.8 Å². The second kappa shape index (κ2) is 7.04. The van der Waals surface area contributed by atoms with E-state index in [4.69, 9.17) is 4.42 Å². The minimum absolute atomic E-state index is 0.162. The molecule has 0 bridgehead atoms. The van der Waals surface area contributed by atoms with Gasteiger partial charge in [-0.2, -0.15) is 10.2 Å². The Morgan fingerprint density at radius 3 is 2.86 bits per heavy atom. The molecule has 0 amide bonds. The number of furan rings is 1. The molecule has 0 saturated heterocycles. The minimum atomic E-state index is -0.162. The quantitative estimate of drug-likeness (QED) is 0.523. The van der Waals surface area contributed by atoms with E-state index in [9.17, 15) is 5.11 Å². The first-order valence-electron chi connectivity index (χ1n) is 10.0. The summed E-state index contributed by atoms with van der Waals surface area (Å²) in [4.78, 5) is 0. The number of nitrogens with zero attached hydrogens (tertiary/aromatic N) is 3. The van der Waals surface area contributed by atoms with E-state index in [0.717, 1.165) is 70.4 Å². The van der Waals surface area contributed by atoms with E-state index in [2.05, 4.69) is 34.1 Å². The molecule has 4 aromatic rings. The largest absolute Gasteiger partial charge is 0.461 e. The van der Waals surface area contributed by atoms with Gasteiger partial charge in [-0.3, -0.25) is 9.78 Å². The number of hydrogen-bond donors (Lipinski definition) is 2. The van der Waals surface area contributed by atoms with E-state index in [1.165, 1.54) is 0 Å². The van der Waals surface area contributed by atoms with Crippen LogP contribution in [0.15, 0.2) is 53.9 Å². The van der Waals surface area contributed by atoms with Crippen LogP contribution in [0.3, 0.4) is 0 Å². The molecule has 148 valence electrons. The third kappa shape index (κ3) is 3.29. The standard InChI is InChI=1S/C23H24N4O2/c1-14(18-12-25-27(13-18)19-4-6-20(28)7-5-19)21-10-23(29-15(21)2)16-3-8-22-17(9-16)11-24-26-22/h3,8-13,19-20,28H,1,4-7H2,2H3,(H,24,26). The zero-order valence-corrected chi connectivity index (χ0v) is 16.4. The number of nitrogens with one attached hydrogen (secondary N) is 1. The van der Waals surface area contributed by atoms with Gasteiger partial charge in [-0.1, -0.05) is 6.58 Å². The van der Waals surface area contributed by atoms with Crippen LogP contribution in [-0.4, -0.2) is 31.2 Å². The van der Waals surface area contributed by atoms with Crippen molar-refractivity contribution in [2.24, 2.45) is 0 Å². The summed E-state index contributed by atoms with van der Waals surface area (Å²) in [6.07, 6.45) is 9.18. The van der Waals surface area contributed by atoms with Gasteiger partial charge in [0.15, 0.2) is 0 Å². The number of H-pyrrole nitrogens is 1. The van der Waals surface area contributed by atoms with Crippen LogP contribution in [0.1, 0.15) is 48.6 Å². The molecule has 3 aromatic heterocycles. The molecule has 6 nitrogen and oxygen atoms in total. The zero-order valence-electron chi connectivity index (χ0n) is 16.4. The van der Waals surface area contributed by atoms with Crippen molar-refractivity contribution in [1.82, 2.24) is 20.0 Å². The second-order valence-corrected chi connectivity index (χ2v) is 7.90. The highest BCUT2D eigenvalue weighted by Gasteiger charge is 2.22. The van der Waals surface area contributed by atoms with Crippen LogP contribution < -0.4 is 0 Å². The van der Waals surface area contributed by atoms with Crippen molar-refractivity contribution in [3.63, 3.8) is 0 Å². The Bertz CT molecular complexity index is 1170. The van der Waals surface area contributed by atoms with Crippen molar-refractivity contribution in [2.45, 2.75) is 44.8 Å². The predicted octanol–water partition coefficient (Wildman–Crippen LogP) is 4.87. The van der Waals surface area contributed by atoms with Crippen LogP contribution in [-0.2, 0) is 0 Å². The number of aromatic nitrogens is 4. The molecule has 5 rings (SSSR count). The maximum atomic E-state index is 9.73. The molecule has 0 atom stereocenters. The number of fused-ring (bicyclic) bond motifs is 1. The van der Waals surface area contributed by atoms with Crippen LogP contribution in [0.2, 0.25) is 0 Å². The topological polar surface area (TPSA) is 79.9 Å². The molecule has 6 heteroatoms. The number of aliphatic hydroxyl groups is 1. The number of hydrogen-bond acceptors (Lipinski definition) is 4. The van der Waals surface area contributed by atoms with Gasteiger partial charge in [-0.15, -0.1) is 0 Å². The van der Waals surface area contributed by atoms with E-state index >= 15 is 0 Å². The number of aliphatic hydroxyl groups excluding tert-OH is 1. The number of rotatable bonds is 4. The van der Waals surface area contributed by atoms with Crippen LogP contribution in [0.4, 0.5) is 0 Å². The molecule has 3 heterocycles. The van der Waals surface area contributed by atoms with Crippen molar-refractivity contribution in [3.05, 3.63) is 66.3 Å². The monoisotopic (exact) mass is 388 g/mol. The van der Waals surface area contributed by atoms with E-state index in [1.807, 2.05) is 42.2 Å². The highest BCUT2D eigenvalue weighted by atomic mass is 16.3. The van der Waals surface area contributed by atoms with Gasteiger partial charge in [0.2, 0.25) is 0 Å². The average molecular weight is 388 g/mol. The van der Waals surface area contributed by atoms with Gasteiger partial charge in [-0.05, 0) is 62.4 Å². The van der Waals surface area contributed by atoms with Crippen molar-refractivity contribution in [3.8, 4) is 11.3 Å². The van der Waals surface area contributed by atoms with Gasteiger partial charge < -0.3 is 9.52 Å². The van der Waals surface area contributed by atoms with Crippen molar-refractivity contribution in [2.75, 3.05) is 0 Å². The van der Waals surface area contributed by atoms with Gasteiger partial charge in [-0.25, -0.2) is 0 Å². The molecule has 0 unspecified atom stereocenters. The zero-order chi connectivity index (χ0) is 20.0. The summed E-state index contributed by atoms with van der Waals surface area (Å²) in [6, 6.07) is 8.50. The Morgan fingerprint density at radius 2 is 2.03 bits per heavy atom. The van der Waals surface area contributed by atoms with E-state index in [0.29, 0.717) is 6.04 Å². The summed E-state index contributed by atoms with van der Waals surface area (Å²) in [5, 5.41) is 22.4. The molecular weight excluding hydrogens is 364 g/mol. The fourth-order valence-electron chi connectivity index (χ4n) is 4.19. The smallest absolute Gasteiger partial charge is 0.134 e. The Labute approximate surface area is 168 Å². The molecule has 0 aliphatic heterocycles. The summed E-state index contributed by atoms with van der Waals surface area (Å²) in [7, 11) is 0. The molecule has 1 aromatic carbocycles. The lowest BCUT2D eigenvalue weighted by molar-refractivity contribution is 0.108. The van der Waals surface area contributed by atoms with Gasteiger partial charge in [0.05, 0.1) is 30.1 Å². The molecule has 2 N–H and O–H groups in total. The second-order valence-electron chi connectivity index (χ2n) is 7.90. The highest BCUT2D eigenvalue weighted by Crippen LogP contribution is 2.34. The Hall–Kier alpha value is -3.12. The lowest BCUT2D eigenvalue weighted by Gasteiger charge is -2.25. The van der Waals surface area contributed by atoms with Gasteiger partial charge >= 0.3 is 0 Å². The summed E-state index contributed by atoms with van der Waals surface area (Å²) in [5.74, 6) is 1.65. The lowest BCUT2D eigenvalue weighted by atomic mass is 9.93. The van der Waals surface area contributed by atoms with Crippen LogP contribution >= 0.6 is 0 Å². The predicted molar refractivity (Wildman–Crippen MR) is 112 cm³/mol. The van der Waals surface area contributed by atoms with Gasteiger partial charge in [0.1, 0.15) is 11.5 Å². The summed E-state index contributed by atoms with van der Waals surface area (Å²) in [6.45, 7) is 6.27. The van der Waals surface area contributed by atoms with Crippen LogP contribution in [0, 0.1) is 6.92 Å². The number of aryl methyl sites for hydroxylation is 1. The maximum absolute atomic E-state index is 9.73. The molecule has 1 saturated carbocycles. The molecule has 0 spiro atoms. The molecule has 1 fully saturated rings. The average Bonchev–Trinajstić information content (AvgIpc) is 3.47. The fourth-order valence-corrected chi connectivity index (χ4v) is 4.19. The minimum Gasteiger partial charge on any atom is -0.461 e. The van der Waals surface area contributed by atoms with Crippen molar-refractivity contribution in [1.29, 1.82) is 0 Å². The Balaban J connectivity index is 1.40.